The molecule has 0 unspecified atom stereocenters. The molecule has 2 aromatic rings. The highest BCUT2D eigenvalue weighted by molar-refractivity contribution is 6.43. The Labute approximate surface area is 162 Å². The summed E-state index contributed by atoms with van der Waals surface area (Å²) in [6, 6.07) is 6.55. The van der Waals surface area contributed by atoms with E-state index >= 15 is 0 Å². The maximum Gasteiger partial charge on any atom is 0.340 e. The second-order valence-corrected chi connectivity index (χ2v) is 6.85. The number of ketones is 1. The Morgan fingerprint density at radius 1 is 1.19 bits per heavy atom. The highest BCUT2D eigenvalue weighted by Crippen LogP contribution is 2.26. The number of aryl methyl sites for hydroxylation is 1. The molecule has 0 bridgehead atoms. The first kappa shape index (κ1) is 20.5. The number of ether oxygens (including phenoxy) is 2. The van der Waals surface area contributed by atoms with E-state index in [1.165, 1.54) is 6.07 Å². The number of hydrogen-bond acceptors (Lipinski definition) is 4. The van der Waals surface area contributed by atoms with Crippen LogP contribution < -0.4 is 0 Å². The zero-order chi connectivity index (χ0) is 19.4. The lowest BCUT2D eigenvalue weighted by Gasteiger charge is -2.17. The molecule has 1 aromatic heterocycles. The van der Waals surface area contributed by atoms with Gasteiger partial charge in [-0.05, 0) is 39.0 Å². The van der Waals surface area contributed by atoms with E-state index < -0.39 is 5.97 Å². The van der Waals surface area contributed by atoms with Crippen LogP contribution in [0.3, 0.4) is 0 Å². The van der Waals surface area contributed by atoms with Crippen LogP contribution in [0, 0.1) is 13.8 Å². The summed E-state index contributed by atoms with van der Waals surface area (Å²) < 4.78 is 12.3. The molecule has 0 radical (unpaired) electrons. The van der Waals surface area contributed by atoms with E-state index in [0.717, 1.165) is 11.4 Å². The molecule has 1 aromatic carbocycles. The molecule has 1 heterocycles. The minimum Gasteiger partial charge on any atom is -0.454 e. The second kappa shape index (κ2) is 8.71. The molecule has 26 heavy (non-hydrogen) atoms. The Morgan fingerprint density at radius 2 is 1.88 bits per heavy atom. The molecular formula is C19H21Cl2NO4. The second-order valence-electron chi connectivity index (χ2n) is 6.06. The van der Waals surface area contributed by atoms with Crippen molar-refractivity contribution in [2.24, 2.45) is 0 Å². The molecule has 0 aliphatic heterocycles. The van der Waals surface area contributed by atoms with Gasteiger partial charge in [0.15, 0.2) is 6.61 Å². The van der Waals surface area contributed by atoms with Gasteiger partial charge in [-0.25, -0.2) is 4.79 Å². The predicted octanol–water partition coefficient (Wildman–Crippen LogP) is 4.66. The summed E-state index contributed by atoms with van der Waals surface area (Å²) >= 11 is 11.9. The van der Waals surface area contributed by atoms with Gasteiger partial charge in [0.1, 0.15) is 0 Å². The number of carbonyl (C=O) groups is 2. The first-order valence-corrected chi connectivity index (χ1v) is 8.85. The van der Waals surface area contributed by atoms with Crippen LogP contribution in [0.5, 0.6) is 0 Å². The van der Waals surface area contributed by atoms with E-state index in [1.54, 1.807) is 25.3 Å². The van der Waals surface area contributed by atoms with Crippen LogP contribution in [0.1, 0.15) is 45.1 Å². The van der Waals surface area contributed by atoms with Crippen LogP contribution >= 0.6 is 23.2 Å². The summed E-state index contributed by atoms with van der Waals surface area (Å²) in [6.45, 7) is 5.96. The molecule has 1 atom stereocenters. The standard InChI is InChI=1S/C19H21Cl2NO4/c1-11-8-15(13(3)22(11)12(2)9-25-4)17(23)10-26-19(24)14-6-5-7-16(20)18(14)21/h5-8,12H,9-10H2,1-4H3/t12-/m1/s1. The van der Waals surface area contributed by atoms with Crippen molar-refractivity contribution in [3.8, 4) is 0 Å². The summed E-state index contributed by atoms with van der Waals surface area (Å²) in [5.41, 5.74) is 2.41. The molecule has 0 spiro atoms. The van der Waals surface area contributed by atoms with E-state index in [2.05, 4.69) is 0 Å². The van der Waals surface area contributed by atoms with Gasteiger partial charge in [-0.3, -0.25) is 4.79 Å². The van der Waals surface area contributed by atoms with E-state index in [1.807, 2.05) is 25.3 Å². The summed E-state index contributed by atoms with van der Waals surface area (Å²) in [5.74, 6) is -0.965. The number of esters is 1. The predicted molar refractivity (Wildman–Crippen MR) is 102 cm³/mol. The van der Waals surface area contributed by atoms with Crippen LogP contribution in [-0.2, 0) is 9.47 Å². The minimum absolute atomic E-state index is 0.0920. The SMILES string of the molecule is COC[C@@H](C)n1c(C)cc(C(=O)COC(=O)c2cccc(Cl)c2Cl)c1C. The van der Waals surface area contributed by atoms with Gasteiger partial charge in [0, 0.05) is 24.1 Å². The van der Waals surface area contributed by atoms with Crippen molar-refractivity contribution in [3.63, 3.8) is 0 Å². The summed E-state index contributed by atoms with van der Waals surface area (Å²) in [7, 11) is 1.64. The first-order chi connectivity index (χ1) is 12.3. The molecule has 0 saturated heterocycles. The number of methoxy groups -OCH3 is 1. The van der Waals surface area contributed by atoms with Crippen molar-refractivity contribution in [2.75, 3.05) is 20.3 Å². The van der Waals surface area contributed by atoms with Gasteiger partial charge in [0.2, 0.25) is 5.78 Å². The zero-order valence-corrected chi connectivity index (χ0v) is 16.6. The topological polar surface area (TPSA) is 57.5 Å². The molecule has 5 nitrogen and oxygen atoms in total. The Kier molecular flexibility index (Phi) is 6.87. The number of hydrogen-bond donors (Lipinski definition) is 0. The van der Waals surface area contributed by atoms with E-state index in [-0.39, 0.29) is 34.0 Å². The van der Waals surface area contributed by atoms with Gasteiger partial charge in [0.05, 0.1) is 28.3 Å². The van der Waals surface area contributed by atoms with Gasteiger partial charge in [-0.1, -0.05) is 29.3 Å². The lowest BCUT2D eigenvalue weighted by atomic mass is 10.1. The van der Waals surface area contributed by atoms with Crippen LogP contribution in [0.2, 0.25) is 10.0 Å². The number of benzene rings is 1. The number of halogens is 2. The maximum absolute atomic E-state index is 12.5. The quantitative estimate of drug-likeness (QED) is 0.503. The molecule has 0 fully saturated rings. The van der Waals surface area contributed by atoms with Crippen molar-refractivity contribution < 1.29 is 19.1 Å². The van der Waals surface area contributed by atoms with Gasteiger partial charge in [-0.15, -0.1) is 0 Å². The molecule has 0 amide bonds. The van der Waals surface area contributed by atoms with Gasteiger partial charge >= 0.3 is 5.97 Å². The van der Waals surface area contributed by atoms with Crippen molar-refractivity contribution in [2.45, 2.75) is 26.8 Å². The lowest BCUT2D eigenvalue weighted by Crippen LogP contribution is -2.17. The lowest BCUT2D eigenvalue weighted by molar-refractivity contribution is 0.0474. The summed E-state index contributed by atoms with van der Waals surface area (Å²) in [4.78, 5) is 24.7. The normalized spacial score (nSPS) is 12.1. The number of carbonyl (C=O) groups excluding carboxylic acids is 2. The first-order valence-electron chi connectivity index (χ1n) is 8.09. The monoisotopic (exact) mass is 397 g/mol. The fourth-order valence-electron chi connectivity index (χ4n) is 3.00. The summed E-state index contributed by atoms with van der Waals surface area (Å²) in [6.07, 6.45) is 0. The molecule has 0 N–H and O–H groups in total. The highest BCUT2D eigenvalue weighted by atomic mass is 35.5. The van der Waals surface area contributed by atoms with E-state index in [0.29, 0.717) is 12.2 Å². The molecule has 0 aliphatic carbocycles. The van der Waals surface area contributed by atoms with Crippen LogP contribution in [0.25, 0.3) is 0 Å². The zero-order valence-electron chi connectivity index (χ0n) is 15.1. The molecule has 140 valence electrons. The average molecular weight is 398 g/mol. The third-order valence-corrected chi connectivity index (χ3v) is 4.96. The largest absolute Gasteiger partial charge is 0.454 e. The maximum atomic E-state index is 12.5. The smallest absolute Gasteiger partial charge is 0.340 e. The van der Waals surface area contributed by atoms with Crippen molar-refractivity contribution in [1.82, 2.24) is 4.57 Å². The molecule has 7 heteroatoms. The Bertz CT molecular complexity index is 829. The molecule has 0 saturated carbocycles. The fraction of sp³-hybridized carbons (Fsp3) is 0.368. The molecule has 2 rings (SSSR count). The fourth-order valence-corrected chi connectivity index (χ4v) is 3.38. The number of rotatable bonds is 7. The third-order valence-electron chi connectivity index (χ3n) is 4.14. The van der Waals surface area contributed by atoms with Crippen LogP contribution in [0.15, 0.2) is 24.3 Å². The van der Waals surface area contributed by atoms with Gasteiger partial charge in [-0.2, -0.15) is 0 Å². The number of Topliss-reactive ketones (excluding diaryl/α,β-unsaturated/α-hetero) is 1. The van der Waals surface area contributed by atoms with Crippen molar-refractivity contribution in [3.05, 3.63) is 56.8 Å². The van der Waals surface area contributed by atoms with E-state index in [9.17, 15) is 9.59 Å². The van der Waals surface area contributed by atoms with E-state index in [4.69, 9.17) is 32.7 Å². The van der Waals surface area contributed by atoms with Crippen molar-refractivity contribution >= 4 is 35.0 Å². The average Bonchev–Trinajstić information content (AvgIpc) is 2.89. The molecule has 0 aliphatic rings. The summed E-state index contributed by atoms with van der Waals surface area (Å²) in [5, 5.41) is 0.362. The van der Waals surface area contributed by atoms with Crippen LogP contribution in [-0.4, -0.2) is 36.6 Å². The van der Waals surface area contributed by atoms with Gasteiger partial charge in [0.25, 0.3) is 0 Å². The Hall–Kier alpha value is -1.82. The highest BCUT2D eigenvalue weighted by Gasteiger charge is 2.21. The van der Waals surface area contributed by atoms with Crippen LogP contribution in [0.4, 0.5) is 0 Å². The van der Waals surface area contributed by atoms with Crippen molar-refractivity contribution in [1.29, 1.82) is 0 Å². The Balaban J connectivity index is 2.12. The number of aromatic nitrogens is 1. The number of nitrogens with zero attached hydrogens (tertiary/aromatic N) is 1. The Morgan fingerprint density at radius 3 is 2.54 bits per heavy atom. The minimum atomic E-state index is -0.688. The molecular weight excluding hydrogens is 377 g/mol. The third kappa shape index (κ3) is 4.29. The van der Waals surface area contributed by atoms with Gasteiger partial charge < -0.3 is 14.0 Å².